The van der Waals surface area contributed by atoms with E-state index in [9.17, 15) is 9.59 Å². The molecule has 0 aliphatic heterocycles. The highest BCUT2D eigenvalue weighted by Crippen LogP contribution is 2.02. The van der Waals surface area contributed by atoms with Gasteiger partial charge in [0.1, 0.15) is 6.61 Å². The van der Waals surface area contributed by atoms with Crippen molar-refractivity contribution in [2.24, 2.45) is 0 Å². The van der Waals surface area contributed by atoms with Gasteiger partial charge in [-0.3, -0.25) is 9.59 Å². The second-order valence-corrected chi connectivity index (χ2v) is 3.12. The molecule has 0 unspecified atom stereocenters. The third kappa shape index (κ3) is 4.70. The minimum atomic E-state index is 0.0527. The van der Waals surface area contributed by atoms with Crippen molar-refractivity contribution in [3.8, 4) is 0 Å². The summed E-state index contributed by atoms with van der Waals surface area (Å²) in [6, 6.07) is 9.07. The van der Waals surface area contributed by atoms with E-state index in [1.54, 1.807) is 12.1 Å². The van der Waals surface area contributed by atoms with Gasteiger partial charge in [-0.2, -0.15) is 0 Å². The van der Waals surface area contributed by atoms with Gasteiger partial charge in [0.25, 0.3) is 6.47 Å². The van der Waals surface area contributed by atoms with Gasteiger partial charge in [-0.1, -0.05) is 30.3 Å². The lowest BCUT2D eigenvalue weighted by molar-refractivity contribution is -0.130. The van der Waals surface area contributed by atoms with Gasteiger partial charge in [0, 0.05) is 12.0 Å². The van der Waals surface area contributed by atoms with E-state index in [2.05, 4.69) is 4.74 Å². The first kappa shape index (κ1) is 12.4. The average molecular weight is 222 g/mol. The van der Waals surface area contributed by atoms with Gasteiger partial charge < -0.3 is 9.47 Å². The fourth-order valence-electron chi connectivity index (χ4n) is 1.19. The van der Waals surface area contributed by atoms with Crippen molar-refractivity contribution in [2.45, 2.75) is 6.42 Å². The Hall–Kier alpha value is -1.68. The molecule has 0 fully saturated rings. The Kier molecular flexibility index (Phi) is 5.88. The maximum absolute atomic E-state index is 11.6. The summed E-state index contributed by atoms with van der Waals surface area (Å²) in [6.45, 7) is 1.26. The fourth-order valence-corrected chi connectivity index (χ4v) is 1.19. The first-order valence-corrected chi connectivity index (χ1v) is 5.06. The van der Waals surface area contributed by atoms with Crippen molar-refractivity contribution < 1.29 is 19.1 Å². The minimum Gasteiger partial charge on any atom is -0.465 e. The Morgan fingerprint density at radius 1 is 1.12 bits per heavy atom. The molecular formula is C12H14O4. The molecule has 0 saturated carbocycles. The summed E-state index contributed by atoms with van der Waals surface area (Å²) in [7, 11) is 0. The van der Waals surface area contributed by atoms with Gasteiger partial charge in [-0.15, -0.1) is 0 Å². The van der Waals surface area contributed by atoms with Gasteiger partial charge >= 0.3 is 0 Å². The predicted octanol–water partition coefficient (Wildman–Crippen LogP) is 1.45. The van der Waals surface area contributed by atoms with Crippen LogP contribution in [0, 0.1) is 0 Å². The Morgan fingerprint density at radius 3 is 2.56 bits per heavy atom. The average Bonchev–Trinajstić information content (AvgIpc) is 2.34. The van der Waals surface area contributed by atoms with Crippen molar-refractivity contribution in [3.63, 3.8) is 0 Å². The monoisotopic (exact) mass is 222 g/mol. The molecule has 0 aliphatic carbocycles. The van der Waals surface area contributed by atoms with Gasteiger partial charge in [0.05, 0.1) is 13.2 Å². The molecule has 1 aromatic rings. The standard InChI is InChI=1S/C12H14O4/c13-10-16-9-8-15-7-6-12(14)11-4-2-1-3-5-11/h1-5,10H,6-9H2. The van der Waals surface area contributed by atoms with Gasteiger partial charge in [0.2, 0.25) is 0 Å². The lowest BCUT2D eigenvalue weighted by atomic mass is 10.1. The number of hydrogen-bond donors (Lipinski definition) is 0. The van der Waals surface area contributed by atoms with E-state index in [4.69, 9.17) is 4.74 Å². The largest absolute Gasteiger partial charge is 0.465 e. The van der Waals surface area contributed by atoms with E-state index in [1.807, 2.05) is 18.2 Å². The van der Waals surface area contributed by atoms with Gasteiger partial charge in [-0.25, -0.2) is 0 Å². The first-order chi connectivity index (χ1) is 7.84. The van der Waals surface area contributed by atoms with Crippen LogP contribution in [0.2, 0.25) is 0 Å². The van der Waals surface area contributed by atoms with Crippen LogP contribution >= 0.6 is 0 Å². The Balaban J connectivity index is 2.14. The molecule has 0 amide bonds. The number of rotatable bonds is 8. The molecule has 1 aromatic carbocycles. The third-order valence-electron chi connectivity index (χ3n) is 1.98. The van der Waals surface area contributed by atoms with Crippen LogP contribution in [0.25, 0.3) is 0 Å². The van der Waals surface area contributed by atoms with Crippen molar-refractivity contribution in [3.05, 3.63) is 35.9 Å². The first-order valence-electron chi connectivity index (χ1n) is 5.06. The molecule has 0 spiro atoms. The second-order valence-electron chi connectivity index (χ2n) is 3.12. The lowest BCUT2D eigenvalue weighted by Crippen LogP contribution is -2.08. The Morgan fingerprint density at radius 2 is 1.88 bits per heavy atom. The number of carbonyl (C=O) groups excluding carboxylic acids is 2. The summed E-state index contributed by atoms with van der Waals surface area (Å²) >= 11 is 0. The smallest absolute Gasteiger partial charge is 0.293 e. The number of ether oxygens (including phenoxy) is 2. The van der Waals surface area contributed by atoms with E-state index in [1.165, 1.54) is 0 Å². The molecule has 0 heterocycles. The summed E-state index contributed by atoms with van der Waals surface area (Å²) in [5.41, 5.74) is 0.690. The lowest BCUT2D eigenvalue weighted by Gasteiger charge is -2.03. The maximum Gasteiger partial charge on any atom is 0.293 e. The minimum absolute atomic E-state index is 0.0527. The Bertz CT molecular complexity index is 321. The van der Waals surface area contributed by atoms with Crippen molar-refractivity contribution in [1.82, 2.24) is 0 Å². The van der Waals surface area contributed by atoms with E-state index in [0.717, 1.165) is 0 Å². The van der Waals surface area contributed by atoms with Gasteiger partial charge in [0.15, 0.2) is 5.78 Å². The predicted molar refractivity (Wildman–Crippen MR) is 58.2 cm³/mol. The van der Waals surface area contributed by atoms with E-state index in [0.29, 0.717) is 31.7 Å². The summed E-state index contributed by atoms with van der Waals surface area (Å²) < 4.78 is 9.56. The molecule has 0 bridgehead atoms. The molecular weight excluding hydrogens is 208 g/mol. The highest BCUT2D eigenvalue weighted by atomic mass is 16.5. The summed E-state index contributed by atoms with van der Waals surface area (Å²) in [5, 5.41) is 0. The number of hydrogen-bond acceptors (Lipinski definition) is 4. The molecule has 4 heteroatoms. The summed E-state index contributed by atoms with van der Waals surface area (Å²) in [4.78, 5) is 21.4. The number of ketones is 1. The fraction of sp³-hybridized carbons (Fsp3) is 0.333. The highest BCUT2D eigenvalue weighted by Gasteiger charge is 2.03. The third-order valence-corrected chi connectivity index (χ3v) is 1.98. The number of Topliss-reactive ketones (excluding diaryl/α,β-unsaturated/α-hetero) is 1. The quantitative estimate of drug-likeness (QED) is 0.379. The zero-order valence-corrected chi connectivity index (χ0v) is 8.93. The molecule has 1 rings (SSSR count). The second kappa shape index (κ2) is 7.59. The zero-order chi connectivity index (χ0) is 11.6. The molecule has 0 aromatic heterocycles. The summed E-state index contributed by atoms with van der Waals surface area (Å²) in [5.74, 6) is 0.0527. The topological polar surface area (TPSA) is 52.6 Å². The molecule has 0 N–H and O–H groups in total. The van der Waals surface area contributed by atoms with Crippen LogP contribution in [-0.2, 0) is 14.3 Å². The molecule has 16 heavy (non-hydrogen) atoms. The van der Waals surface area contributed by atoms with E-state index in [-0.39, 0.29) is 12.4 Å². The molecule has 0 aliphatic rings. The normalized spacial score (nSPS) is 9.75. The van der Waals surface area contributed by atoms with Crippen LogP contribution in [0.5, 0.6) is 0 Å². The molecule has 4 nitrogen and oxygen atoms in total. The zero-order valence-electron chi connectivity index (χ0n) is 8.93. The van der Waals surface area contributed by atoms with E-state index < -0.39 is 0 Å². The SMILES string of the molecule is O=COCCOCCC(=O)c1ccccc1. The van der Waals surface area contributed by atoms with Gasteiger partial charge in [-0.05, 0) is 0 Å². The van der Waals surface area contributed by atoms with Crippen LogP contribution in [0.1, 0.15) is 16.8 Å². The van der Waals surface area contributed by atoms with Crippen LogP contribution < -0.4 is 0 Å². The number of benzene rings is 1. The van der Waals surface area contributed by atoms with Crippen LogP contribution in [0.15, 0.2) is 30.3 Å². The maximum atomic E-state index is 11.6. The van der Waals surface area contributed by atoms with Crippen LogP contribution in [-0.4, -0.2) is 32.1 Å². The molecule has 0 atom stereocenters. The van der Waals surface area contributed by atoms with Crippen LogP contribution in [0.3, 0.4) is 0 Å². The molecule has 0 saturated heterocycles. The van der Waals surface area contributed by atoms with Crippen molar-refractivity contribution in [1.29, 1.82) is 0 Å². The van der Waals surface area contributed by atoms with Crippen molar-refractivity contribution >= 4 is 12.3 Å². The number of carbonyl (C=O) groups is 2. The van der Waals surface area contributed by atoms with E-state index >= 15 is 0 Å². The van der Waals surface area contributed by atoms with Crippen molar-refractivity contribution in [2.75, 3.05) is 19.8 Å². The van der Waals surface area contributed by atoms with Crippen LogP contribution in [0.4, 0.5) is 0 Å². The highest BCUT2D eigenvalue weighted by molar-refractivity contribution is 5.96. The Labute approximate surface area is 94.2 Å². The molecule has 86 valence electrons. The molecule has 0 radical (unpaired) electrons. The summed E-state index contributed by atoms with van der Waals surface area (Å²) in [6.07, 6.45) is 0.338.